The molecule has 1 nitrogen and oxygen atoms in total. The zero-order valence-electron chi connectivity index (χ0n) is 10.4. The van der Waals surface area contributed by atoms with Gasteiger partial charge in [-0.25, -0.2) is 0 Å². The van der Waals surface area contributed by atoms with E-state index in [1.165, 1.54) is 21.2 Å². The molecule has 0 saturated heterocycles. The van der Waals surface area contributed by atoms with Crippen LogP contribution in [0.1, 0.15) is 5.56 Å². The monoisotopic (exact) mass is 379 g/mol. The Morgan fingerprint density at radius 3 is 2.79 bits per heavy atom. The topological polar surface area (TPSA) is 13.1 Å². The number of aryl methyl sites for hydroxylation is 1. The molecule has 1 aromatic heterocycles. The number of hydrogen-bond donors (Lipinski definition) is 0. The summed E-state index contributed by atoms with van der Waals surface area (Å²) in [5, 5.41) is 2.49. The summed E-state index contributed by atoms with van der Waals surface area (Å²) in [4.78, 5) is 1.24. The van der Waals surface area contributed by atoms with Crippen LogP contribution in [0.2, 0.25) is 0 Å². The number of rotatable bonds is 2. The number of furan rings is 1. The number of fused-ring (bicyclic) bond motifs is 3. The van der Waals surface area contributed by atoms with E-state index in [1.54, 1.807) is 0 Å². The zero-order valence-corrected chi connectivity index (χ0v) is 13.4. The van der Waals surface area contributed by atoms with Gasteiger partial charge in [-0.2, -0.15) is 0 Å². The van der Waals surface area contributed by atoms with Crippen LogP contribution in [0, 0.1) is 6.92 Å². The standard InChI is InChI=1S/C16H12IOS/c1-11-4-2-6-13-15(11)12-5-3-7-14(16(12)18-13)19-10-17-8-9-17/h2-10H,1H3/q+1. The van der Waals surface area contributed by atoms with Crippen molar-refractivity contribution in [1.82, 2.24) is 0 Å². The molecule has 0 fully saturated rings. The van der Waals surface area contributed by atoms with Crippen LogP contribution in [0.15, 0.2) is 45.7 Å². The fourth-order valence-electron chi connectivity index (χ4n) is 2.28. The van der Waals surface area contributed by atoms with Crippen molar-refractivity contribution < 1.29 is 4.42 Å². The molecule has 19 heavy (non-hydrogen) atoms. The van der Waals surface area contributed by atoms with Crippen LogP contribution in [-0.4, -0.2) is 11.4 Å². The van der Waals surface area contributed by atoms with Crippen molar-refractivity contribution in [2.75, 3.05) is 0 Å². The van der Waals surface area contributed by atoms with Gasteiger partial charge in [-0.1, -0.05) is 43.1 Å². The highest BCUT2D eigenvalue weighted by atomic mass is 127. The van der Waals surface area contributed by atoms with Gasteiger partial charge in [-0.15, -0.1) is 0 Å². The maximum Gasteiger partial charge on any atom is 0.274 e. The van der Waals surface area contributed by atoms with Crippen LogP contribution < -0.4 is 0 Å². The Labute approximate surface area is 121 Å². The van der Waals surface area contributed by atoms with Crippen LogP contribution >= 0.6 is 18.9 Å². The van der Waals surface area contributed by atoms with E-state index in [0.717, 1.165) is 11.2 Å². The molecular formula is C16H12IOS+. The van der Waals surface area contributed by atoms with E-state index in [2.05, 4.69) is 54.7 Å². The molecule has 3 aromatic rings. The normalized spacial score (nSPS) is 15.0. The van der Waals surface area contributed by atoms with Crippen molar-refractivity contribution in [3.63, 3.8) is 0 Å². The maximum atomic E-state index is 6.07. The summed E-state index contributed by atoms with van der Waals surface area (Å²) in [6.45, 7) is 2.14. The van der Waals surface area contributed by atoms with E-state index in [0.29, 0.717) is 0 Å². The minimum absolute atomic E-state index is 0.828. The number of halogens is 1. The Bertz CT molecular complexity index is 914. The molecular weight excluding hydrogens is 367 g/mol. The smallest absolute Gasteiger partial charge is 0.274 e. The van der Waals surface area contributed by atoms with Crippen LogP contribution in [0.25, 0.3) is 21.9 Å². The zero-order chi connectivity index (χ0) is 12.8. The van der Waals surface area contributed by atoms with Crippen LogP contribution in [0.5, 0.6) is 0 Å². The third-order valence-corrected chi connectivity index (χ3v) is 8.18. The minimum atomic E-state index is -0.828. The Morgan fingerprint density at radius 1 is 1.11 bits per heavy atom. The van der Waals surface area contributed by atoms with Gasteiger partial charge in [-0.05, 0) is 26.6 Å². The lowest BCUT2D eigenvalue weighted by Crippen LogP contribution is -1.77. The predicted octanol–water partition coefficient (Wildman–Crippen LogP) is 4.22. The summed E-state index contributed by atoms with van der Waals surface area (Å²) >= 11 is 1.00. The molecule has 0 bridgehead atoms. The first-order valence-corrected chi connectivity index (χ1v) is 10.7. The summed E-state index contributed by atoms with van der Waals surface area (Å²) < 4.78 is 13.2. The average Bonchev–Trinajstić information content (AvgIpc) is 3.15. The van der Waals surface area contributed by atoms with E-state index in [1.807, 2.05) is 11.4 Å². The van der Waals surface area contributed by atoms with Gasteiger partial charge in [0.15, 0.2) is 5.58 Å². The largest absolute Gasteiger partial charge is 0.450 e. The maximum absolute atomic E-state index is 6.07. The molecule has 0 amide bonds. The molecule has 0 aliphatic carbocycles. The highest BCUT2D eigenvalue weighted by molar-refractivity contribution is 14.3. The lowest BCUT2D eigenvalue weighted by Gasteiger charge is -1.93. The lowest BCUT2D eigenvalue weighted by atomic mass is 10.1. The van der Waals surface area contributed by atoms with E-state index in [4.69, 9.17) is 4.42 Å². The molecule has 0 saturated carbocycles. The first-order chi connectivity index (χ1) is 9.33. The summed E-state index contributed by atoms with van der Waals surface area (Å²) in [5.74, 6) is 0. The Hall–Kier alpha value is -1.20. The molecule has 1 aliphatic heterocycles. The Kier molecular flexibility index (Phi) is 2.70. The molecule has 0 spiro atoms. The number of para-hydroxylation sites is 1. The molecule has 4 rings (SSSR count). The fraction of sp³-hybridized carbons (Fsp3) is 0.0625. The molecule has 0 N–H and O–H groups in total. The van der Waals surface area contributed by atoms with Gasteiger partial charge in [-0.3, -0.25) is 0 Å². The highest BCUT2D eigenvalue weighted by Crippen LogP contribution is 2.33. The van der Waals surface area contributed by atoms with Crippen molar-refractivity contribution in [2.24, 2.45) is 0 Å². The molecule has 0 unspecified atom stereocenters. The third-order valence-electron chi connectivity index (χ3n) is 3.24. The van der Waals surface area contributed by atoms with Crippen molar-refractivity contribution in [3.05, 3.63) is 42.0 Å². The van der Waals surface area contributed by atoms with E-state index in [-0.39, 0.29) is 0 Å². The van der Waals surface area contributed by atoms with Gasteiger partial charge in [0.2, 0.25) is 14.7 Å². The summed E-state index contributed by atoms with van der Waals surface area (Å²) in [5.41, 5.74) is 3.30. The Morgan fingerprint density at radius 2 is 1.95 bits per heavy atom. The van der Waals surface area contributed by atoms with Crippen LogP contribution in [0.4, 0.5) is 0 Å². The predicted molar refractivity (Wildman–Crippen MR) is 96.3 cm³/mol. The molecule has 2 aromatic carbocycles. The molecule has 3 heteroatoms. The third kappa shape index (κ3) is 2.01. The molecule has 0 atom stereocenters. The number of hydrogen-bond acceptors (Lipinski definition) is 1. The second-order valence-electron chi connectivity index (χ2n) is 4.52. The molecule has 1 aliphatic rings. The molecule has 0 radical (unpaired) electrons. The average molecular weight is 379 g/mol. The van der Waals surface area contributed by atoms with Gasteiger partial charge < -0.3 is 4.42 Å². The van der Waals surface area contributed by atoms with Crippen LogP contribution in [0.3, 0.4) is 0 Å². The molecule has 94 valence electrons. The summed E-state index contributed by atoms with van der Waals surface area (Å²) in [6, 6.07) is 12.7. The molecule has 2 heterocycles. The number of benzene rings is 2. The van der Waals surface area contributed by atoms with Crippen molar-refractivity contribution in [3.8, 4) is 0 Å². The van der Waals surface area contributed by atoms with Gasteiger partial charge in [0.05, 0.1) is 0 Å². The fourth-order valence-corrected chi connectivity index (χ4v) is 6.94. The first kappa shape index (κ1) is 11.6. The van der Waals surface area contributed by atoms with Gasteiger partial charge in [0.25, 0.3) is 4.90 Å². The first-order valence-electron chi connectivity index (χ1n) is 6.07. The summed E-state index contributed by atoms with van der Waals surface area (Å²) in [7, 11) is 0. The second-order valence-corrected chi connectivity index (χ2v) is 10.5. The quantitative estimate of drug-likeness (QED) is 0.281. The van der Waals surface area contributed by atoms with E-state index < -0.39 is 18.9 Å². The van der Waals surface area contributed by atoms with E-state index in [9.17, 15) is 0 Å². The lowest BCUT2D eigenvalue weighted by molar-refractivity contribution is 0.660. The Balaban J connectivity index is 2.05. The second kappa shape index (κ2) is 4.42. The van der Waals surface area contributed by atoms with Crippen molar-refractivity contribution >= 4 is 63.6 Å². The van der Waals surface area contributed by atoms with Gasteiger partial charge in [0.1, 0.15) is 5.58 Å². The van der Waals surface area contributed by atoms with Crippen molar-refractivity contribution in [2.45, 2.75) is 11.8 Å². The highest BCUT2D eigenvalue weighted by Gasteiger charge is 2.17. The summed E-state index contributed by atoms with van der Waals surface area (Å²) in [6.07, 6.45) is 0. The minimum Gasteiger partial charge on any atom is -0.450 e. The van der Waals surface area contributed by atoms with Gasteiger partial charge in [0, 0.05) is 16.8 Å². The van der Waals surface area contributed by atoms with E-state index >= 15 is 0 Å². The SMILES string of the molecule is Cc1cccc2oc3c([S+]=CI4=CC=4)cccc3c12. The van der Waals surface area contributed by atoms with Crippen LogP contribution in [-0.2, 0) is 11.4 Å². The van der Waals surface area contributed by atoms with Gasteiger partial charge >= 0.3 is 0 Å². The van der Waals surface area contributed by atoms with Crippen molar-refractivity contribution in [1.29, 1.82) is 0 Å².